The summed E-state index contributed by atoms with van der Waals surface area (Å²) in [6, 6.07) is 1.90. The molecule has 0 aliphatic heterocycles. The molecule has 0 aliphatic carbocycles. The molecule has 108 valence electrons. The first-order valence-corrected chi connectivity index (χ1v) is 7.40. The number of rotatable bonds is 4. The van der Waals surface area contributed by atoms with E-state index in [1.54, 1.807) is 0 Å². The largest absolute Gasteiger partial charge is 0.478 e. The molecule has 0 spiro atoms. The van der Waals surface area contributed by atoms with Gasteiger partial charge >= 0.3 is 5.97 Å². The van der Waals surface area contributed by atoms with E-state index in [1.165, 1.54) is 6.92 Å². The van der Waals surface area contributed by atoms with E-state index in [0.717, 1.165) is 24.5 Å². The van der Waals surface area contributed by atoms with Crippen LogP contribution < -0.4 is 0 Å². The van der Waals surface area contributed by atoms with Crippen molar-refractivity contribution in [3.05, 3.63) is 38.4 Å². The van der Waals surface area contributed by atoms with Gasteiger partial charge in [-0.3, -0.25) is 10.1 Å². The predicted octanol–water partition coefficient (Wildman–Crippen LogP) is 2.14. The number of carbonyl (C=O) groups is 1. The van der Waals surface area contributed by atoms with Gasteiger partial charge in [0.15, 0.2) is 9.84 Å². The third-order valence-electron chi connectivity index (χ3n) is 2.40. The second kappa shape index (κ2) is 5.59. The van der Waals surface area contributed by atoms with Gasteiger partial charge in [0, 0.05) is 17.9 Å². The molecule has 7 nitrogen and oxygen atoms in total. The van der Waals surface area contributed by atoms with E-state index in [0.29, 0.717) is 0 Å². The predicted molar refractivity (Wildman–Crippen MR) is 72.5 cm³/mol. The molecule has 1 N–H and O–H groups in total. The Hall–Kier alpha value is -1.93. The Balaban J connectivity index is 3.66. The molecule has 1 aromatic carbocycles. The van der Waals surface area contributed by atoms with Crippen molar-refractivity contribution in [1.82, 2.24) is 0 Å². The van der Waals surface area contributed by atoms with Gasteiger partial charge in [-0.25, -0.2) is 13.2 Å². The molecule has 0 heterocycles. The number of benzene rings is 1. The summed E-state index contributed by atoms with van der Waals surface area (Å²) >= 11 is 5.83. The van der Waals surface area contributed by atoms with Gasteiger partial charge in [-0.15, -0.1) is 0 Å². The van der Waals surface area contributed by atoms with Crippen molar-refractivity contribution in [2.24, 2.45) is 0 Å². The summed E-state index contributed by atoms with van der Waals surface area (Å²) in [6.45, 7) is 1.24. The summed E-state index contributed by atoms with van der Waals surface area (Å²) in [5.74, 6) is -1.26. The average Bonchev–Trinajstić information content (AvgIpc) is 2.29. The monoisotopic (exact) mass is 319 g/mol. The number of nitro benzene ring substituents is 1. The highest BCUT2D eigenvalue weighted by molar-refractivity contribution is 7.90. The van der Waals surface area contributed by atoms with Gasteiger partial charge in [0.25, 0.3) is 5.69 Å². The maximum atomic E-state index is 11.4. The van der Waals surface area contributed by atoms with E-state index in [-0.39, 0.29) is 21.1 Å². The summed E-state index contributed by atoms with van der Waals surface area (Å²) < 4.78 is 22.8. The molecule has 0 fully saturated rings. The van der Waals surface area contributed by atoms with Gasteiger partial charge in [-0.2, -0.15) is 0 Å². The minimum Gasteiger partial charge on any atom is -0.478 e. The van der Waals surface area contributed by atoms with Crippen LogP contribution in [0.15, 0.2) is 22.6 Å². The smallest absolute Gasteiger partial charge is 0.331 e. The molecular weight excluding hydrogens is 310 g/mol. The summed E-state index contributed by atoms with van der Waals surface area (Å²) in [5.41, 5.74) is -0.885. The lowest BCUT2D eigenvalue weighted by Gasteiger charge is -2.05. The average molecular weight is 320 g/mol. The fourth-order valence-electron chi connectivity index (χ4n) is 1.37. The zero-order chi connectivity index (χ0) is 15.7. The van der Waals surface area contributed by atoms with E-state index in [9.17, 15) is 23.3 Å². The standard InChI is InChI=1S/C11H10ClNO6S/c1-6(11(14)15)3-8-9(12)4-7(20(2,18)19)5-10(8)13(16)17/h3-5H,1-2H3,(H,14,15)/b6-3+. The fraction of sp³-hybridized carbons (Fsp3) is 0.182. The Kier molecular flexibility index (Phi) is 4.51. The van der Waals surface area contributed by atoms with Gasteiger partial charge in [-0.1, -0.05) is 11.6 Å². The molecule has 0 aliphatic rings. The summed E-state index contributed by atoms with van der Waals surface area (Å²) in [7, 11) is -3.67. The van der Waals surface area contributed by atoms with E-state index in [1.807, 2.05) is 0 Å². The Morgan fingerprint density at radius 1 is 1.45 bits per heavy atom. The van der Waals surface area contributed by atoms with Crippen LogP contribution in [0.4, 0.5) is 5.69 Å². The number of hydrogen-bond donors (Lipinski definition) is 1. The van der Waals surface area contributed by atoms with Crippen molar-refractivity contribution < 1.29 is 23.2 Å². The number of halogens is 1. The van der Waals surface area contributed by atoms with Crippen molar-refractivity contribution in [3.8, 4) is 0 Å². The maximum absolute atomic E-state index is 11.4. The summed E-state index contributed by atoms with van der Waals surface area (Å²) in [6.07, 6.45) is 1.91. The lowest BCUT2D eigenvalue weighted by Crippen LogP contribution is -2.02. The first kappa shape index (κ1) is 16.1. The van der Waals surface area contributed by atoms with Gasteiger partial charge in [-0.05, 0) is 19.1 Å². The van der Waals surface area contributed by atoms with Crippen LogP contribution in [0.1, 0.15) is 12.5 Å². The van der Waals surface area contributed by atoms with Crippen LogP contribution in [0.5, 0.6) is 0 Å². The van der Waals surface area contributed by atoms with Crippen molar-refractivity contribution in [2.75, 3.05) is 6.26 Å². The van der Waals surface area contributed by atoms with E-state index in [4.69, 9.17) is 16.7 Å². The molecule has 1 aromatic rings. The van der Waals surface area contributed by atoms with Crippen molar-refractivity contribution in [3.63, 3.8) is 0 Å². The normalized spacial score (nSPS) is 12.2. The van der Waals surface area contributed by atoms with Crippen LogP contribution in [0.25, 0.3) is 6.08 Å². The van der Waals surface area contributed by atoms with Crippen LogP contribution in [0.2, 0.25) is 5.02 Å². The van der Waals surface area contributed by atoms with Crippen LogP contribution >= 0.6 is 11.6 Å². The number of carboxylic acids is 1. The van der Waals surface area contributed by atoms with Gasteiger partial charge in [0.05, 0.1) is 20.4 Å². The Bertz CT molecular complexity index is 723. The molecule has 0 bridgehead atoms. The van der Waals surface area contributed by atoms with Crippen LogP contribution in [0, 0.1) is 10.1 Å². The minimum atomic E-state index is -3.67. The number of nitro groups is 1. The first-order chi connectivity index (χ1) is 9.04. The van der Waals surface area contributed by atoms with E-state index in [2.05, 4.69) is 0 Å². The van der Waals surface area contributed by atoms with E-state index >= 15 is 0 Å². The molecule has 20 heavy (non-hydrogen) atoms. The Morgan fingerprint density at radius 2 is 2.00 bits per heavy atom. The zero-order valence-corrected chi connectivity index (χ0v) is 12.0. The molecule has 0 unspecified atom stereocenters. The van der Waals surface area contributed by atoms with Gasteiger partial charge < -0.3 is 5.11 Å². The highest BCUT2D eigenvalue weighted by atomic mass is 35.5. The van der Waals surface area contributed by atoms with E-state index < -0.39 is 26.4 Å². The lowest BCUT2D eigenvalue weighted by molar-refractivity contribution is -0.385. The molecule has 0 radical (unpaired) electrons. The SMILES string of the molecule is C/C(=C\c1c(Cl)cc(S(C)(=O)=O)cc1[N+](=O)[O-])C(=O)O. The molecule has 0 amide bonds. The summed E-state index contributed by atoms with van der Waals surface area (Å²) in [4.78, 5) is 20.6. The van der Waals surface area contributed by atoms with Crippen LogP contribution in [-0.2, 0) is 14.6 Å². The van der Waals surface area contributed by atoms with Crippen LogP contribution in [-0.4, -0.2) is 30.7 Å². The minimum absolute atomic E-state index is 0.149. The molecular formula is C11H10ClNO6S. The topological polar surface area (TPSA) is 115 Å². The second-order valence-corrected chi connectivity index (χ2v) is 6.42. The molecule has 0 saturated carbocycles. The first-order valence-electron chi connectivity index (χ1n) is 5.13. The van der Waals surface area contributed by atoms with Crippen molar-refractivity contribution in [2.45, 2.75) is 11.8 Å². The van der Waals surface area contributed by atoms with Crippen molar-refractivity contribution >= 4 is 39.2 Å². The van der Waals surface area contributed by atoms with Gasteiger partial charge in [0.1, 0.15) is 0 Å². The van der Waals surface area contributed by atoms with Crippen LogP contribution in [0.3, 0.4) is 0 Å². The summed E-state index contributed by atoms with van der Waals surface area (Å²) in [5, 5.41) is 19.5. The van der Waals surface area contributed by atoms with Crippen molar-refractivity contribution in [1.29, 1.82) is 0 Å². The zero-order valence-electron chi connectivity index (χ0n) is 10.5. The maximum Gasteiger partial charge on any atom is 0.331 e. The lowest BCUT2D eigenvalue weighted by atomic mass is 10.1. The number of hydrogen-bond acceptors (Lipinski definition) is 5. The third kappa shape index (κ3) is 3.55. The second-order valence-electron chi connectivity index (χ2n) is 4.00. The number of aliphatic carboxylic acids is 1. The molecule has 0 aromatic heterocycles. The Morgan fingerprint density at radius 3 is 2.40 bits per heavy atom. The highest BCUT2D eigenvalue weighted by Gasteiger charge is 2.21. The fourth-order valence-corrected chi connectivity index (χ4v) is 2.36. The molecule has 0 atom stereocenters. The van der Waals surface area contributed by atoms with Gasteiger partial charge in [0.2, 0.25) is 0 Å². The molecule has 9 heteroatoms. The highest BCUT2D eigenvalue weighted by Crippen LogP contribution is 2.32. The Labute approximate surface area is 119 Å². The number of carboxylic acid groups (broad SMARTS) is 1. The molecule has 0 saturated heterocycles. The molecule has 1 rings (SSSR count). The quantitative estimate of drug-likeness (QED) is 0.516. The third-order valence-corrected chi connectivity index (χ3v) is 3.81. The number of sulfone groups is 1. The number of nitrogens with zero attached hydrogens (tertiary/aromatic N) is 1.